The zero-order chi connectivity index (χ0) is 19.6. The Balaban J connectivity index is 1.62. The van der Waals surface area contributed by atoms with Crippen LogP contribution in [0.1, 0.15) is 42.5 Å². The molecule has 0 radical (unpaired) electrons. The van der Waals surface area contributed by atoms with Gasteiger partial charge in [-0.25, -0.2) is 13.2 Å². The first kappa shape index (κ1) is 19.8. The van der Waals surface area contributed by atoms with Gasteiger partial charge in [-0.05, 0) is 37.3 Å². The van der Waals surface area contributed by atoms with Crippen LogP contribution in [0.25, 0.3) is 0 Å². The number of rotatable bonds is 7. The van der Waals surface area contributed by atoms with Crippen molar-refractivity contribution in [3.8, 4) is 0 Å². The number of hydrogen-bond acceptors (Lipinski definition) is 4. The van der Waals surface area contributed by atoms with Crippen molar-refractivity contribution in [2.24, 2.45) is 11.8 Å². The summed E-state index contributed by atoms with van der Waals surface area (Å²) in [4.78, 5) is 25.5. The van der Waals surface area contributed by atoms with E-state index >= 15 is 0 Å². The van der Waals surface area contributed by atoms with Crippen LogP contribution in [0.3, 0.4) is 0 Å². The van der Waals surface area contributed by atoms with E-state index in [0.29, 0.717) is 12.8 Å². The van der Waals surface area contributed by atoms with Crippen LogP contribution < -0.4 is 0 Å². The molecule has 1 aliphatic heterocycles. The molecule has 1 amide bonds. The minimum atomic E-state index is -3.89. The normalized spacial score (nSPS) is 19.0. The minimum Gasteiger partial charge on any atom is -0.478 e. The molecule has 1 saturated heterocycles. The summed E-state index contributed by atoms with van der Waals surface area (Å²) < 4.78 is 27.0. The van der Waals surface area contributed by atoms with E-state index in [1.807, 2.05) is 7.05 Å². The summed E-state index contributed by atoms with van der Waals surface area (Å²) >= 11 is 0. The van der Waals surface area contributed by atoms with Gasteiger partial charge in [-0.1, -0.05) is 25.0 Å². The van der Waals surface area contributed by atoms with Crippen LogP contribution in [0.5, 0.6) is 0 Å². The molecule has 7 nitrogen and oxygen atoms in total. The van der Waals surface area contributed by atoms with Crippen LogP contribution in [0.4, 0.5) is 0 Å². The van der Waals surface area contributed by atoms with Gasteiger partial charge in [-0.15, -0.1) is 0 Å². The zero-order valence-electron chi connectivity index (χ0n) is 15.5. The van der Waals surface area contributed by atoms with Crippen LogP contribution in [-0.2, 0) is 14.8 Å². The SMILES string of the molecule is CN(CCC1CC1)C(=O)C1CCN(S(=O)(=O)c2ccccc2C(=O)O)CC1. The molecule has 0 unspecified atom stereocenters. The summed E-state index contributed by atoms with van der Waals surface area (Å²) in [6.45, 7) is 1.21. The molecule has 1 aliphatic carbocycles. The van der Waals surface area contributed by atoms with Crippen molar-refractivity contribution in [3.63, 3.8) is 0 Å². The quantitative estimate of drug-likeness (QED) is 0.764. The van der Waals surface area contributed by atoms with Crippen molar-refractivity contribution in [2.75, 3.05) is 26.7 Å². The van der Waals surface area contributed by atoms with Gasteiger partial charge < -0.3 is 10.0 Å². The van der Waals surface area contributed by atoms with E-state index in [4.69, 9.17) is 0 Å². The Bertz CT molecular complexity index is 811. The zero-order valence-corrected chi connectivity index (χ0v) is 16.3. The van der Waals surface area contributed by atoms with E-state index in [1.165, 1.54) is 41.4 Å². The van der Waals surface area contributed by atoms with Crippen LogP contribution in [-0.4, -0.2) is 61.3 Å². The predicted octanol–water partition coefficient (Wildman–Crippen LogP) is 2.04. The van der Waals surface area contributed by atoms with Crippen molar-refractivity contribution < 1.29 is 23.1 Å². The van der Waals surface area contributed by atoms with Gasteiger partial charge in [0.2, 0.25) is 15.9 Å². The molecule has 0 atom stereocenters. The van der Waals surface area contributed by atoms with Crippen molar-refractivity contribution >= 4 is 21.9 Å². The highest BCUT2D eigenvalue weighted by Crippen LogP contribution is 2.32. The number of nitrogens with zero attached hydrogens (tertiary/aromatic N) is 2. The highest BCUT2D eigenvalue weighted by atomic mass is 32.2. The second-order valence-electron chi connectivity index (χ2n) is 7.47. The molecule has 148 valence electrons. The smallest absolute Gasteiger partial charge is 0.337 e. The molecule has 0 aromatic heterocycles. The molecular formula is C19H26N2O5S. The summed E-state index contributed by atoms with van der Waals surface area (Å²) in [6.07, 6.45) is 4.48. The number of carboxylic acids is 1. The van der Waals surface area contributed by atoms with Gasteiger partial charge in [-0.2, -0.15) is 4.31 Å². The van der Waals surface area contributed by atoms with Gasteiger partial charge in [0.1, 0.15) is 0 Å². The fourth-order valence-corrected chi connectivity index (χ4v) is 5.21. The molecule has 1 aromatic carbocycles. The lowest BCUT2D eigenvalue weighted by molar-refractivity contribution is -0.135. The van der Waals surface area contributed by atoms with E-state index in [0.717, 1.165) is 18.9 Å². The number of sulfonamides is 1. The monoisotopic (exact) mass is 394 g/mol. The molecule has 2 aliphatic rings. The molecule has 0 bridgehead atoms. The lowest BCUT2D eigenvalue weighted by atomic mass is 9.96. The fourth-order valence-electron chi connectivity index (χ4n) is 3.56. The third kappa shape index (κ3) is 4.50. The minimum absolute atomic E-state index is 0.0821. The highest BCUT2D eigenvalue weighted by molar-refractivity contribution is 7.89. The molecule has 2 fully saturated rings. The topological polar surface area (TPSA) is 95.0 Å². The summed E-state index contributed by atoms with van der Waals surface area (Å²) in [5, 5.41) is 9.26. The Kier molecular flexibility index (Phi) is 5.86. The van der Waals surface area contributed by atoms with Gasteiger partial charge in [0.25, 0.3) is 0 Å². The maximum absolute atomic E-state index is 12.9. The Morgan fingerprint density at radius 3 is 2.37 bits per heavy atom. The Morgan fingerprint density at radius 2 is 1.78 bits per heavy atom. The molecule has 1 aromatic rings. The number of benzene rings is 1. The fraction of sp³-hybridized carbons (Fsp3) is 0.579. The molecule has 1 saturated carbocycles. The number of carbonyl (C=O) groups is 2. The largest absolute Gasteiger partial charge is 0.478 e. The number of carboxylic acid groups (broad SMARTS) is 1. The predicted molar refractivity (Wildman–Crippen MR) is 99.9 cm³/mol. The average molecular weight is 394 g/mol. The van der Waals surface area contributed by atoms with Gasteiger partial charge in [0.15, 0.2) is 0 Å². The summed E-state index contributed by atoms with van der Waals surface area (Å²) in [6, 6.07) is 5.64. The average Bonchev–Trinajstić information content (AvgIpc) is 3.50. The number of hydrogen-bond donors (Lipinski definition) is 1. The Labute approximate surface area is 160 Å². The van der Waals surface area contributed by atoms with Crippen molar-refractivity contribution in [1.29, 1.82) is 0 Å². The second-order valence-corrected chi connectivity index (χ2v) is 9.38. The molecule has 0 spiro atoms. The van der Waals surface area contributed by atoms with Crippen molar-refractivity contribution in [1.82, 2.24) is 9.21 Å². The molecule has 1 heterocycles. The van der Waals surface area contributed by atoms with E-state index in [-0.39, 0.29) is 35.4 Å². The highest BCUT2D eigenvalue weighted by Gasteiger charge is 2.35. The van der Waals surface area contributed by atoms with Crippen LogP contribution >= 0.6 is 0 Å². The van der Waals surface area contributed by atoms with E-state index < -0.39 is 16.0 Å². The van der Waals surface area contributed by atoms with E-state index in [2.05, 4.69) is 0 Å². The maximum atomic E-state index is 12.9. The summed E-state index contributed by atoms with van der Waals surface area (Å²) in [7, 11) is -2.08. The molecule has 1 N–H and O–H groups in total. The van der Waals surface area contributed by atoms with Crippen molar-refractivity contribution in [2.45, 2.75) is 37.0 Å². The first-order valence-corrected chi connectivity index (χ1v) is 10.8. The number of carbonyl (C=O) groups excluding carboxylic acids is 1. The van der Waals surface area contributed by atoms with Gasteiger partial charge in [-0.3, -0.25) is 4.79 Å². The number of amides is 1. The number of piperidine rings is 1. The van der Waals surface area contributed by atoms with Crippen molar-refractivity contribution in [3.05, 3.63) is 29.8 Å². The lowest BCUT2D eigenvalue weighted by Gasteiger charge is -2.32. The van der Waals surface area contributed by atoms with Crippen LogP contribution in [0, 0.1) is 11.8 Å². The van der Waals surface area contributed by atoms with Gasteiger partial charge in [0.05, 0.1) is 10.5 Å². The lowest BCUT2D eigenvalue weighted by Crippen LogP contribution is -2.43. The summed E-state index contributed by atoms with van der Waals surface area (Å²) in [5.41, 5.74) is -0.226. The third-order valence-electron chi connectivity index (χ3n) is 5.48. The Hall–Kier alpha value is -1.93. The summed E-state index contributed by atoms with van der Waals surface area (Å²) in [5.74, 6) is -0.591. The van der Waals surface area contributed by atoms with E-state index in [1.54, 1.807) is 4.90 Å². The standard InChI is InChI=1S/C19H26N2O5S/c1-20(11-8-14-6-7-14)18(22)15-9-12-21(13-10-15)27(25,26)17-5-3-2-4-16(17)19(23)24/h2-5,14-15H,6-13H2,1H3,(H,23,24). The maximum Gasteiger partial charge on any atom is 0.337 e. The molecule has 8 heteroatoms. The number of aromatic carboxylic acids is 1. The third-order valence-corrected chi connectivity index (χ3v) is 7.44. The first-order chi connectivity index (χ1) is 12.8. The molecule has 3 rings (SSSR count). The van der Waals surface area contributed by atoms with Crippen LogP contribution in [0.2, 0.25) is 0 Å². The van der Waals surface area contributed by atoms with Gasteiger partial charge >= 0.3 is 5.97 Å². The Morgan fingerprint density at radius 1 is 1.15 bits per heavy atom. The molecular weight excluding hydrogens is 368 g/mol. The van der Waals surface area contributed by atoms with Gasteiger partial charge in [0, 0.05) is 32.6 Å². The second kappa shape index (κ2) is 7.98. The van der Waals surface area contributed by atoms with E-state index in [9.17, 15) is 23.1 Å². The molecule has 27 heavy (non-hydrogen) atoms. The van der Waals surface area contributed by atoms with Crippen LogP contribution in [0.15, 0.2) is 29.2 Å². The first-order valence-electron chi connectivity index (χ1n) is 9.38.